The van der Waals surface area contributed by atoms with Crippen LogP contribution in [0.3, 0.4) is 0 Å². The number of benzene rings is 7. The summed E-state index contributed by atoms with van der Waals surface area (Å²) < 4.78 is 165. The van der Waals surface area contributed by atoms with Crippen LogP contribution >= 0.6 is 113 Å². The van der Waals surface area contributed by atoms with Crippen LogP contribution in [0.5, 0.6) is 11.5 Å². The maximum absolute atomic E-state index is 13.9. The number of hydrogen-bond donors (Lipinski definition) is 7. The first kappa shape index (κ1) is 107. The van der Waals surface area contributed by atoms with E-state index in [1.54, 1.807) is 160 Å². The van der Waals surface area contributed by atoms with Crippen molar-refractivity contribution in [1.29, 1.82) is 0 Å². The molecule has 43 heteroatoms. The highest BCUT2D eigenvalue weighted by Crippen LogP contribution is 2.41. The first-order valence-corrected chi connectivity index (χ1v) is 47.2. The monoisotopic (exact) mass is 2260 g/mol. The fourth-order valence-corrected chi connectivity index (χ4v) is 17.3. The molecule has 7 aromatic carbocycles. The largest absolute Gasteiger partial charge is 0.497 e. The molecular formula is C103H74Br2Cl7F11N14O9. The number of aliphatic hydroxyl groups is 7. The number of methoxy groups -OCH3 is 2. The fraction of sp³-hybridized carbons (Fsp3) is 0.117. The second kappa shape index (κ2) is 46.3. The van der Waals surface area contributed by atoms with Gasteiger partial charge in [-0.05, 0) is 180 Å². The van der Waals surface area contributed by atoms with Crippen molar-refractivity contribution >= 4 is 153 Å². The van der Waals surface area contributed by atoms with Crippen LogP contribution in [0.15, 0.2) is 295 Å². The lowest BCUT2D eigenvalue weighted by Crippen LogP contribution is -2.07. The molecule has 0 saturated heterocycles. The number of fused-ring (bicyclic) bond motifs is 7. The molecule has 0 spiro atoms. The molecule has 0 bridgehead atoms. The molecule has 14 aromatic heterocycles. The summed E-state index contributed by atoms with van der Waals surface area (Å²) in [6.45, 7) is -1.95. The van der Waals surface area contributed by atoms with E-state index >= 15 is 0 Å². The van der Waals surface area contributed by atoms with E-state index in [2.05, 4.69) is 66.7 Å². The molecule has 0 aliphatic rings. The number of pyridine rings is 7. The Morgan fingerprint density at radius 1 is 0.274 bits per heavy atom. The summed E-state index contributed by atoms with van der Waals surface area (Å²) >= 11 is 48.4. The van der Waals surface area contributed by atoms with Gasteiger partial charge in [0.05, 0.1) is 167 Å². The molecule has 0 unspecified atom stereocenters. The van der Waals surface area contributed by atoms with E-state index < -0.39 is 66.7 Å². The van der Waals surface area contributed by atoms with Gasteiger partial charge in [0.2, 0.25) is 0 Å². The van der Waals surface area contributed by atoms with Gasteiger partial charge in [-0.2, -0.15) is 39.5 Å². The van der Waals surface area contributed by atoms with Gasteiger partial charge in [-0.1, -0.05) is 158 Å². The molecule has 7 N–H and O–H groups in total. The van der Waals surface area contributed by atoms with Crippen molar-refractivity contribution in [2.24, 2.45) is 0 Å². The molecule has 146 heavy (non-hydrogen) atoms. The summed E-state index contributed by atoms with van der Waals surface area (Å²) in [6, 6.07) is 65.2. The second-order valence-electron chi connectivity index (χ2n) is 31.4. The second-order valence-corrected chi connectivity index (χ2v) is 36.3. The van der Waals surface area contributed by atoms with Gasteiger partial charge in [-0.15, -0.1) is 0 Å². The summed E-state index contributed by atoms with van der Waals surface area (Å²) in [5.74, 6) is -0.0261. The molecule has 21 aromatic rings. The van der Waals surface area contributed by atoms with Gasteiger partial charge >= 0.3 is 18.5 Å². The van der Waals surface area contributed by atoms with Crippen molar-refractivity contribution in [2.45, 2.75) is 64.8 Å². The number of alkyl halides is 9. The van der Waals surface area contributed by atoms with E-state index in [-0.39, 0.29) is 37.7 Å². The van der Waals surface area contributed by atoms with Crippen LogP contribution in [0.1, 0.15) is 56.5 Å². The maximum Gasteiger partial charge on any atom is 0.417 e. The van der Waals surface area contributed by atoms with Gasteiger partial charge < -0.3 is 67.2 Å². The maximum atomic E-state index is 13.9. The Hall–Kier alpha value is -13.1. The minimum atomic E-state index is -4.46. The highest BCUT2D eigenvalue weighted by Gasteiger charge is 2.35. The first-order valence-electron chi connectivity index (χ1n) is 43.0. The van der Waals surface area contributed by atoms with E-state index in [1.807, 2.05) is 77.3 Å². The SMILES string of the molecule is COc1cccc(-c2nc3ccc(Br)cn3c2CO)c1.COc1cccc(-c2nc3ccc(C(F)(F)F)cn3c2CO)c1.OCc1c(-c2ccc(Br)cc2)nc2ccc(C(F)(F)F)cn12.OCc1c(-c2ccc(Cl)cc2)nc2ccc(C(F)(F)F)cn12.OCc1c(-c2ccc(Cl)cc2)nc2ccc(Cl)cn12.OCc1c(-c2ccc(Cl)cc2Cl)nc2cc(Cl)ccn12.OCc1c(-c2ccc(F)cc2F)nc2cc(Cl)ccn12. The molecular weight excluding hydrogens is 2190 g/mol. The molecule has 21 rings (SSSR count). The quantitative estimate of drug-likeness (QED) is 0.0443. The normalized spacial score (nSPS) is 11.5. The molecule has 0 fully saturated rings. The molecule has 0 aliphatic heterocycles. The van der Waals surface area contributed by atoms with Crippen molar-refractivity contribution in [3.63, 3.8) is 0 Å². The Labute approximate surface area is 872 Å². The van der Waals surface area contributed by atoms with Gasteiger partial charge in [0.15, 0.2) is 0 Å². The zero-order valence-electron chi connectivity index (χ0n) is 75.4. The van der Waals surface area contributed by atoms with Crippen LogP contribution in [0, 0.1) is 11.6 Å². The predicted octanol–water partition coefficient (Wildman–Crippen LogP) is 26.9. The third-order valence-corrected chi connectivity index (χ3v) is 25.1. The number of nitrogens with zero attached hydrogens (tertiary/aromatic N) is 14. The number of aliphatic hydroxyl groups excluding tert-OH is 7. The molecule has 0 radical (unpaired) electrons. The summed E-state index contributed by atoms with van der Waals surface area (Å²) in [5, 5.41) is 71.0. The van der Waals surface area contributed by atoms with Crippen LogP contribution in [0.4, 0.5) is 48.3 Å². The Morgan fingerprint density at radius 2 is 0.575 bits per heavy atom. The van der Waals surface area contributed by atoms with E-state index in [1.165, 1.54) is 44.6 Å². The van der Waals surface area contributed by atoms with E-state index in [4.69, 9.17) is 90.7 Å². The molecule has 23 nitrogen and oxygen atoms in total. The van der Waals surface area contributed by atoms with Gasteiger partial charge in [0.1, 0.15) is 62.7 Å². The first-order chi connectivity index (χ1) is 69.8. The summed E-state index contributed by atoms with van der Waals surface area (Å²) in [4.78, 5) is 30.8. The Kier molecular flexibility index (Phi) is 34.0. The average Bonchev–Trinajstić information content (AvgIpc) is 1.64. The minimum Gasteiger partial charge on any atom is -0.497 e. The number of imidazole rings is 7. The highest BCUT2D eigenvalue weighted by atomic mass is 79.9. The predicted molar refractivity (Wildman–Crippen MR) is 544 cm³/mol. The van der Waals surface area contributed by atoms with Crippen molar-refractivity contribution in [3.05, 3.63) is 398 Å². The average molecular weight is 2270 g/mol. The molecule has 0 aliphatic carbocycles. The molecule has 0 atom stereocenters. The van der Waals surface area contributed by atoms with Crippen LogP contribution < -0.4 is 9.47 Å². The summed E-state index contributed by atoms with van der Waals surface area (Å²) in [5.41, 5.74) is 13.3. The molecule has 0 amide bonds. The smallest absolute Gasteiger partial charge is 0.417 e. The van der Waals surface area contributed by atoms with Crippen LogP contribution in [0.2, 0.25) is 35.2 Å². The molecule has 0 saturated carbocycles. The molecule has 750 valence electrons. The summed E-state index contributed by atoms with van der Waals surface area (Å²) in [6.07, 6.45) is -3.46. The van der Waals surface area contributed by atoms with Crippen LogP contribution in [-0.4, -0.2) is 116 Å². The Bertz CT molecular complexity index is 8040. The zero-order chi connectivity index (χ0) is 104. The minimum absolute atomic E-state index is 0.0792. The van der Waals surface area contributed by atoms with E-state index in [0.717, 1.165) is 114 Å². The van der Waals surface area contributed by atoms with Gasteiger partial charge in [0.25, 0.3) is 0 Å². The lowest BCUT2D eigenvalue weighted by Gasteiger charge is -2.08. The standard InChI is InChI=1S/C16H13F3N2O2.C15H10BrF3N2O.C15H13BrN2O2.C15H10ClF3N2O.C14H9Cl3N2O.C14H10Cl2N2O.C14H9ClF2N2O/c1-23-12-4-2-3-10(7-12)15-13(9-22)21-8-11(16(17,18)19)5-6-14(21)20-15;16-11-4-1-9(2-5-11)14-12(8-22)21-7-10(15(17,18)19)3-6-13(21)20-14;1-20-12-4-2-3-10(7-12)15-13(9-19)18-8-11(16)5-6-14(18)17-15;16-11-4-1-9(2-5-11)14-12(8-22)21-7-10(15(17,18)19)3-6-13(21)20-14;15-8-1-2-10(11(17)5-8)14-12(7-20)19-4-3-9(16)6-13(19)18-14;15-10-3-1-9(2-4-10)14-12(8-19)18-7-11(16)5-6-13(18)17-14;15-8-3-4-19-12(7-20)14(18-13(19)5-8)10-2-1-9(16)6-11(10)17/h2-8,22H,9H2,1H3;1-7,22H,8H2;2-8,19H,9H2,1H3;1-7,22H,8H2;1-6,20H,7H2;1-7,19H,8H2;1-6,20H,7H2. The third-order valence-electron chi connectivity index (χ3n) is 22.3. The van der Waals surface area contributed by atoms with Gasteiger partial charge in [0, 0.05) is 135 Å². The summed E-state index contributed by atoms with van der Waals surface area (Å²) in [7, 11) is 3.15. The van der Waals surface area contributed by atoms with Gasteiger partial charge in [-0.3, -0.25) is 8.80 Å². The number of aromatic nitrogens is 14. The van der Waals surface area contributed by atoms with Gasteiger partial charge in [-0.25, -0.2) is 43.7 Å². The number of halogens is 20. The zero-order valence-corrected chi connectivity index (χ0v) is 83.8. The number of hydrogen-bond acceptors (Lipinski definition) is 16. The van der Waals surface area contributed by atoms with Crippen LogP contribution in [0.25, 0.3) is 118 Å². The Morgan fingerprint density at radius 3 is 0.938 bits per heavy atom. The van der Waals surface area contributed by atoms with E-state index in [0.29, 0.717) is 137 Å². The topological polar surface area (TPSA) is 281 Å². The third kappa shape index (κ3) is 24.2. The van der Waals surface area contributed by atoms with Crippen LogP contribution in [-0.2, 0) is 64.8 Å². The lowest BCUT2D eigenvalue weighted by atomic mass is 10.1. The lowest BCUT2D eigenvalue weighted by molar-refractivity contribution is -0.138. The van der Waals surface area contributed by atoms with Crippen molar-refractivity contribution in [2.75, 3.05) is 14.2 Å². The Balaban J connectivity index is 0.000000128. The number of ether oxygens (including phenoxy) is 2. The fourth-order valence-electron chi connectivity index (χ4n) is 15.4. The van der Waals surface area contributed by atoms with Crippen molar-refractivity contribution < 1.29 is 93.5 Å². The number of rotatable bonds is 16. The molecule has 14 heterocycles. The highest BCUT2D eigenvalue weighted by molar-refractivity contribution is 9.10. The van der Waals surface area contributed by atoms with Crippen molar-refractivity contribution in [1.82, 2.24) is 65.7 Å². The van der Waals surface area contributed by atoms with Crippen molar-refractivity contribution in [3.8, 4) is 90.3 Å². The van der Waals surface area contributed by atoms with E-state index in [9.17, 15) is 84.0 Å².